The van der Waals surface area contributed by atoms with Crippen molar-refractivity contribution < 1.29 is 23.4 Å². The molecule has 1 aromatic carbocycles. The van der Waals surface area contributed by atoms with E-state index in [4.69, 9.17) is 14.2 Å². The van der Waals surface area contributed by atoms with Crippen molar-refractivity contribution >= 4 is 27.5 Å². The number of halogens is 1. The molecule has 228 valence electrons. The normalized spacial score (nSPS) is 18.6. The molecule has 14 heteroatoms. The van der Waals surface area contributed by atoms with Gasteiger partial charge < -0.3 is 19.1 Å². The van der Waals surface area contributed by atoms with Crippen LogP contribution in [0.4, 0.5) is 4.39 Å². The van der Waals surface area contributed by atoms with E-state index in [1.54, 1.807) is 11.8 Å². The first-order valence-electron chi connectivity index (χ1n) is 14.3. The van der Waals surface area contributed by atoms with Crippen LogP contribution in [0.3, 0.4) is 0 Å². The quantitative estimate of drug-likeness (QED) is 0.283. The van der Waals surface area contributed by atoms with Gasteiger partial charge in [-0.3, -0.25) is 14.2 Å². The molecule has 12 nitrogen and oxygen atoms in total. The Morgan fingerprint density at radius 3 is 2.56 bits per heavy atom. The second-order valence-electron chi connectivity index (χ2n) is 10.6. The summed E-state index contributed by atoms with van der Waals surface area (Å²) in [6.45, 7) is 5.55. The smallest absolute Gasteiger partial charge is 0.332 e. The van der Waals surface area contributed by atoms with E-state index in [2.05, 4.69) is 10.2 Å². The molecule has 2 atom stereocenters. The van der Waals surface area contributed by atoms with E-state index in [1.807, 2.05) is 6.92 Å². The van der Waals surface area contributed by atoms with Crippen LogP contribution in [0, 0.1) is 12.7 Å². The SMILES string of the molecule is CCN1CCC(n2c(=O)c3c(C)c(-n4nccn4)sc3n(CC(OC3CCOCC3)c3cc(F)ccc3OC)c2=O)C1=O. The molecule has 4 aromatic rings. The molecule has 2 fully saturated rings. The molecule has 0 radical (unpaired) electrons. The van der Waals surface area contributed by atoms with Crippen LogP contribution in [0.15, 0.2) is 40.2 Å². The zero-order chi connectivity index (χ0) is 30.2. The summed E-state index contributed by atoms with van der Waals surface area (Å²) >= 11 is 1.20. The van der Waals surface area contributed by atoms with E-state index in [-0.39, 0.29) is 18.6 Å². The summed E-state index contributed by atoms with van der Waals surface area (Å²) in [5.74, 6) is -0.338. The number of thiophene rings is 1. The van der Waals surface area contributed by atoms with E-state index in [9.17, 15) is 18.8 Å². The molecule has 0 bridgehead atoms. The molecule has 0 aliphatic carbocycles. The van der Waals surface area contributed by atoms with Gasteiger partial charge in [-0.2, -0.15) is 10.2 Å². The van der Waals surface area contributed by atoms with Crippen LogP contribution in [0.5, 0.6) is 5.75 Å². The van der Waals surface area contributed by atoms with Gasteiger partial charge in [-0.1, -0.05) is 11.3 Å². The minimum atomic E-state index is -0.931. The molecule has 2 aliphatic heterocycles. The largest absolute Gasteiger partial charge is 0.496 e. The fourth-order valence-corrected chi connectivity index (χ4v) is 7.18. The van der Waals surface area contributed by atoms with Crippen molar-refractivity contribution in [2.45, 2.75) is 57.9 Å². The highest BCUT2D eigenvalue weighted by molar-refractivity contribution is 7.21. The molecule has 2 unspecified atom stereocenters. The zero-order valence-corrected chi connectivity index (χ0v) is 25.0. The Morgan fingerprint density at radius 1 is 1.14 bits per heavy atom. The third kappa shape index (κ3) is 5.27. The molecule has 2 aliphatic rings. The maximum Gasteiger partial charge on any atom is 0.332 e. The lowest BCUT2D eigenvalue weighted by Crippen LogP contribution is -2.45. The molecule has 5 heterocycles. The van der Waals surface area contributed by atoms with Crippen molar-refractivity contribution in [3.63, 3.8) is 0 Å². The summed E-state index contributed by atoms with van der Waals surface area (Å²) in [7, 11) is 1.49. The maximum atomic E-state index is 14.6. The second-order valence-corrected chi connectivity index (χ2v) is 11.6. The molecule has 3 aromatic heterocycles. The van der Waals surface area contributed by atoms with E-state index in [0.717, 1.165) is 4.57 Å². The number of likely N-dealkylation sites (tertiary alicyclic amines) is 1. The monoisotopic (exact) mass is 612 g/mol. The number of hydrogen-bond donors (Lipinski definition) is 0. The number of amides is 1. The van der Waals surface area contributed by atoms with Crippen LogP contribution in [-0.2, 0) is 20.8 Å². The zero-order valence-electron chi connectivity index (χ0n) is 24.2. The van der Waals surface area contributed by atoms with Crippen molar-refractivity contribution in [3.8, 4) is 10.8 Å². The molecule has 6 rings (SSSR count). The number of methoxy groups -OCH3 is 1. The number of carbonyl (C=O) groups excluding carboxylic acids is 1. The minimum Gasteiger partial charge on any atom is -0.496 e. The van der Waals surface area contributed by atoms with Crippen LogP contribution >= 0.6 is 11.3 Å². The van der Waals surface area contributed by atoms with Crippen molar-refractivity contribution in [2.75, 3.05) is 33.4 Å². The number of fused-ring (bicyclic) bond motifs is 1. The standard InChI is InChI=1S/C29H33FN6O6S/c1-4-33-12-7-21(25(33)37)35-26(38)24-17(2)27(36-31-10-11-32-36)43-28(24)34(29(35)39)16-23(42-19-8-13-41-14-9-19)20-15-18(30)5-6-22(20)40-3/h5-6,10-11,15,19,21,23H,4,7-9,12-14,16H2,1-3H3. The highest BCUT2D eigenvalue weighted by atomic mass is 32.1. The lowest BCUT2D eigenvalue weighted by molar-refractivity contribution is -0.130. The number of ether oxygens (including phenoxy) is 3. The Labute approximate surface area is 250 Å². The summed E-state index contributed by atoms with van der Waals surface area (Å²) in [5.41, 5.74) is -0.147. The van der Waals surface area contributed by atoms with Gasteiger partial charge in [0.25, 0.3) is 5.56 Å². The number of likely N-dealkylation sites (N-methyl/N-ethyl adjacent to an activating group) is 1. The number of aryl methyl sites for hydroxylation is 1. The first kappa shape index (κ1) is 29.2. The summed E-state index contributed by atoms with van der Waals surface area (Å²) in [6.07, 6.45) is 3.64. The van der Waals surface area contributed by atoms with Crippen molar-refractivity contribution in [1.29, 1.82) is 0 Å². The Hall–Kier alpha value is -3.88. The first-order chi connectivity index (χ1) is 20.8. The van der Waals surface area contributed by atoms with Crippen molar-refractivity contribution in [2.24, 2.45) is 0 Å². The summed E-state index contributed by atoms with van der Waals surface area (Å²) in [5, 5.41) is 9.35. The second kappa shape index (κ2) is 12.0. The van der Waals surface area contributed by atoms with Gasteiger partial charge in [0.15, 0.2) is 0 Å². The van der Waals surface area contributed by atoms with Gasteiger partial charge in [0.1, 0.15) is 33.5 Å². The predicted molar refractivity (Wildman–Crippen MR) is 157 cm³/mol. The summed E-state index contributed by atoms with van der Waals surface area (Å²) in [4.78, 5) is 45.2. The maximum absolute atomic E-state index is 14.6. The Morgan fingerprint density at radius 2 is 1.88 bits per heavy atom. The van der Waals surface area contributed by atoms with Crippen LogP contribution in [0.2, 0.25) is 0 Å². The number of nitrogens with zero attached hydrogens (tertiary/aromatic N) is 6. The number of aromatic nitrogens is 5. The fourth-order valence-electron chi connectivity index (χ4n) is 5.96. The van der Waals surface area contributed by atoms with Crippen LogP contribution < -0.4 is 16.0 Å². The van der Waals surface area contributed by atoms with Gasteiger partial charge in [0, 0.05) is 37.4 Å². The van der Waals surface area contributed by atoms with E-state index < -0.39 is 29.2 Å². The third-order valence-electron chi connectivity index (χ3n) is 8.19. The van der Waals surface area contributed by atoms with E-state index in [1.165, 1.54) is 58.4 Å². The molecular formula is C29H33FN6O6S. The fraction of sp³-hybridized carbons (Fsp3) is 0.483. The van der Waals surface area contributed by atoms with E-state index >= 15 is 0 Å². The number of carbonyl (C=O) groups is 1. The average molecular weight is 613 g/mol. The number of hydrogen-bond acceptors (Lipinski definition) is 9. The van der Waals surface area contributed by atoms with Gasteiger partial charge in [-0.05, 0) is 51.3 Å². The highest BCUT2D eigenvalue weighted by Crippen LogP contribution is 2.35. The first-order valence-corrected chi connectivity index (χ1v) is 15.1. The topological polar surface area (TPSA) is 123 Å². The Bertz CT molecular complexity index is 1760. The highest BCUT2D eigenvalue weighted by Gasteiger charge is 2.36. The van der Waals surface area contributed by atoms with Gasteiger partial charge in [0.05, 0.1) is 37.5 Å². The van der Waals surface area contributed by atoms with Crippen LogP contribution in [-0.4, -0.2) is 74.5 Å². The molecular weight excluding hydrogens is 579 g/mol. The number of rotatable bonds is 9. The van der Waals surface area contributed by atoms with Gasteiger partial charge >= 0.3 is 5.69 Å². The molecule has 2 saturated heterocycles. The molecule has 0 saturated carbocycles. The van der Waals surface area contributed by atoms with Gasteiger partial charge in [0.2, 0.25) is 5.91 Å². The Kier molecular flexibility index (Phi) is 8.16. The van der Waals surface area contributed by atoms with Gasteiger partial charge in [-0.25, -0.2) is 13.8 Å². The molecule has 1 amide bonds. The number of benzene rings is 1. The van der Waals surface area contributed by atoms with Crippen molar-refractivity contribution in [1.82, 2.24) is 29.0 Å². The molecule has 0 N–H and O–H groups in total. The summed E-state index contributed by atoms with van der Waals surface area (Å²) in [6, 6.07) is 3.24. The Balaban J connectivity index is 1.56. The minimum absolute atomic E-state index is 0.0584. The summed E-state index contributed by atoms with van der Waals surface area (Å²) < 4.78 is 34.8. The lowest BCUT2D eigenvalue weighted by Gasteiger charge is -2.29. The van der Waals surface area contributed by atoms with E-state index in [0.29, 0.717) is 77.7 Å². The lowest BCUT2D eigenvalue weighted by atomic mass is 10.1. The molecule has 0 spiro atoms. The van der Waals surface area contributed by atoms with Gasteiger partial charge in [-0.15, -0.1) is 4.80 Å². The third-order valence-corrected chi connectivity index (χ3v) is 9.47. The van der Waals surface area contributed by atoms with Crippen molar-refractivity contribution in [3.05, 3.63) is 68.4 Å². The van der Waals surface area contributed by atoms with Crippen LogP contribution in [0.25, 0.3) is 15.2 Å². The van der Waals surface area contributed by atoms with Crippen LogP contribution in [0.1, 0.15) is 49.5 Å². The predicted octanol–water partition coefficient (Wildman–Crippen LogP) is 2.99. The average Bonchev–Trinajstić information content (AvgIpc) is 3.75. The molecule has 43 heavy (non-hydrogen) atoms.